The van der Waals surface area contributed by atoms with Gasteiger partial charge >= 0.3 is 0 Å². The van der Waals surface area contributed by atoms with Crippen LogP contribution in [0.4, 0.5) is 5.69 Å². The summed E-state index contributed by atoms with van der Waals surface area (Å²) in [7, 11) is 0. The van der Waals surface area contributed by atoms with Crippen LogP contribution < -0.4 is 4.90 Å². The number of hydrogen-bond donors (Lipinski definition) is 0. The zero-order chi connectivity index (χ0) is 16.2. The molecule has 3 rings (SSSR count). The summed E-state index contributed by atoms with van der Waals surface area (Å²) in [5, 5.41) is 9.97. The van der Waals surface area contributed by atoms with E-state index in [-0.39, 0.29) is 0 Å². The van der Waals surface area contributed by atoms with Gasteiger partial charge in [-0.15, -0.1) is 0 Å². The van der Waals surface area contributed by atoms with E-state index in [2.05, 4.69) is 35.0 Å². The quantitative estimate of drug-likeness (QED) is 0.844. The van der Waals surface area contributed by atoms with Crippen LogP contribution in [-0.2, 0) is 12.8 Å². The number of aryl methyl sites for hydroxylation is 1. The second kappa shape index (κ2) is 7.02. The van der Waals surface area contributed by atoms with Crippen LogP contribution in [0.25, 0.3) is 0 Å². The summed E-state index contributed by atoms with van der Waals surface area (Å²) < 4.78 is 0. The Morgan fingerprint density at radius 1 is 1.35 bits per heavy atom. The highest BCUT2D eigenvalue weighted by Gasteiger charge is 2.26. The minimum Gasteiger partial charge on any atom is -0.369 e. The molecule has 3 nitrogen and oxygen atoms in total. The molecule has 118 valence electrons. The SMILES string of the molecule is CCc1ccc(CC2CCN(c3c(Cl)cccc3C#N)C2)nc1. The Morgan fingerprint density at radius 2 is 2.22 bits per heavy atom. The van der Waals surface area contributed by atoms with Gasteiger partial charge in [-0.05, 0) is 48.9 Å². The Labute approximate surface area is 142 Å². The molecule has 1 saturated heterocycles. The van der Waals surface area contributed by atoms with Crippen LogP contribution in [0.1, 0.15) is 30.2 Å². The van der Waals surface area contributed by atoms with Crippen molar-refractivity contribution in [3.63, 3.8) is 0 Å². The van der Waals surface area contributed by atoms with Crippen molar-refractivity contribution in [2.24, 2.45) is 5.92 Å². The van der Waals surface area contributed by atoms with Gasteiger partial charge in [0, 0.05) is 25.0 Å². The first-order chi connectivity index (χ1) is 11.2. The van der Waals surface area contributed by atoms with Gasteiger partial charge in [-0.1, -0.05) is 30.7 Å². The number of para-hydroxylation sites is 1. The fourth-order valence-corrected chi connectivity index (χ4v) is 3.50. The lowest BCUT2D eigenvalue weighted by molar-refractivity contribution is 0.577. The molecule has 1 atom stereocenters. The number of aromatic nitrogens is 1. The molecule has 1 aliphatic heterocycles. The first-order valence-corrected chi connectivity index (χ1v) is 8.46. The van der Waals surface area contributed by atoms with Crippen molar-refractivity contribution in [3.8, 4) is 6.07 Å². The second-order valence-electron chi connectivity index (χ2n) is 6.06. The molecule has 0 saturated carbocycles. The predicted octanol–water partition coefficient (Wildman–Crippen LogP) is 4.24. The highest BCUT2D eigenvalue weighted by molar-refractivity contribution is 6.33. The largest absolute Gasteiger partial charge is 0.369 e. The van der Waals surface area contributed by atoms with E-state index in [0.29, 0.717) is 16.5 Å². The Balaban J connectivity index is 1.70. The molecule has 0 spiro atoms. The van der Waals surface area contributed by atoms with Gasteiger partial charge in [0.15, 0.2) is 0 Å². The molecule has 4 heteroatoms. The van der Waals surface area contributed by atoms with Gasteiger partial charge in [0.1, 0.15) is 6.07 Å². The van der Waals surface area contributed by atoms with Crippen LogP contribution in [0.5, 0.6) is 0 Å². The molecule has 1 fully saturated rings. The summed E-state index contributed by atoms with van der Waals surface area (Å²) in [5.74, 6) is 0.554. The highest BCUT2D eigenvalue weighted by atomic mass is 35.5. The average Bonchev–Trinajstić information content (AvgIpc) is 3.03. The van der Waals surface area contributed by atoms with Crippen LogP contribution in [0.3, 0.4) is 0 Å². The van der Waals surface area contributed by atoms with E-state index in [4.69, 9.17) is 11.6 Å². The Hall–Kier alpha value is -2.05. The lowest BCUT2D eigenvalue weighted by Gasteiger charge is -2.21. The van der Waals surface area contributed by atoms with Crippen molar-refractivity contribution < 1.29 is 0 Å². The minimum absolute atomic E-state index is 0.554. The molecule has 2 heterocycles. The van der Waals surface area contributed by atoms with Crippen LogP contribution in [0.2, 0.25) is 5.02 Å². The fraction of sp³-hybridized carbons (Fsp3) is 0.368. The summed E-state index contributed by atoms with van der Waals surface area (Å²) >= 11 is 6.32. The van der Waals surface area contributed by atoms with Gasteiger partial charge in [-0.2, -0.15) is 5.26 Å². The zero-order valence-electron chi connectivity index (χ0n) is 13.3. The summed E-state index contributed by atoms with van der Waals surface area (Å²) in [4.78, 5) is 6.81. The summed E-state index contributed by atoms with van der Waals surface area (Å²) in [6.45, 7) is 4.01. The van der Waals surface area contributed by atoms with Crippen molar-refractivity contribution in [1.29, 1.82) is 5.26 Å². The third kappa shape index (κ3) is 3.48. The molecule has 0 N–H and O–H groups in total. The van der Waals surface area contributed by atoms with E-state index >= 15 is 0 Å². The van der Waals surface area contributed by atoms with Crippen LogP contribution >= 0.6 is 11.6 Å². The molecule has 2 aromatic rings. The number of pyridine rings is 1. The Bertz CT molecular complexity index is 718. The van der Waals surface area contributed by atoms with Gasteiger partial charge in [0.2, 0.25) is 0 Å². The van der Waals surface area contributed by atoms with E-state index < -0.39 is 0 Å². The molecule has 1 aromatic heterocycles. The van der Waals surface area contributed by atoms with Gasteiger partial charge in [0.25, 0.3) is 0 Å². The van der Waals surface area contributed by atoms with Crippen LogP contribution in [0.15, 0.2) is 36.5 Å². The molecule has 1 aliphatic rings. The Kier molecular flexibility index (Phi) is 4.83. The average molecular weight is 326 g/mol. The lowest BCUT2D eigenvalue weighted by atomic mass is 10.0. The molecular weight excluding hydrogens is 306 g/mol. The second-order valence-corrected chi connectivity index (χ2v) is 6.47. The normalized spacial score (nSPS) is 17.3. The number of benzene rings is 1. The van der Waals surface area contributed by atoms with Gasteiger partial charge in [-0.3, -0.25) is 4.98 Å². The van der Waals surface area contributed by atoms with Crippen molar-refractivity contribution in [1.82, 2.24) is 4.98 Å². The van der Waals surface area contributed by atoms with E-state index in [1.165, 1.54) is 5.56 Å². The minimum atomic E-state index is 0.554. The first-order valence-electron chi connectivity index (χ1n) is 8.08. The van der Waals surface area contributed by atoms with Crippen LogP contribution in [0, 0.1) is 17.2 Å². The lowest BCUT2D eigenvalue weighted by Crippen LogP contribution is -2.21. The smallest absolute Gasteiger partial charge is 0.101 e. The van der Waals surface area contributed by atoms with Crippen molar-refractivity contribution in [2.45, 2.75) is 26.2 Å². The Morgan fingerprint density at radius 3 is 2.91 bits per heavy atom. The summed E-state index contributed by atoms with van der Waals surface area (Å²) in [6.07, 6.45) is 5.08. The van der Waals surface area contributed by atoms with E-state index in [1.807, 2.05) is 24.4 Å². The fourth-order valence-electron chi connectivity index (χ4n) is 3.21. The standard InChI is InChI=1S/C19H20ClN3/c1-2-14-6-7-17(22-12-14)10-15-8-9-23(13-15)19-16(11-21)4-3-5-18(19)20/h3-7,12,15H,2,8-10,13H2,1H3. The molecule has 1 unspecified atom stereocenters. The molecule has 0 radical (unpaired) electrons. The van der Waals surface area contributed by atoms with Crippen LogP contribution in [-0.4, -0.2) is 18.1 Å². The van der Waals surface area contributed by atoms with Crippen molar-refractivity contribution in [3.05, 3.63) is 58.4 Å². The summed E-state index contributed by atoms with van der Waals surface area (Å²) in [5.41, 5.74) is 3.96. The third-order valence-electron chi connectivity index (χ3n) is 4.50. The van der Waals surface area contributed by atoms with Gasteiger partial charge < -0.3 is 4.90 Å². The van der Waals surface area contributed by atoms with Gasteiger partial charge in [-0.25, -0.2) is 0 Å². The first kappa shape index (κ1) is 15.8. The number of hydrogen-bond acceptors (Lipinski definition) is 3. The van der Waals surface area contributed by atoms with Crippen molar-refractivity contribution >= 4 is 17.3 Å². The summed E-state index contributed by atoms with van der Waals surface area (Å²) in [6, 6.07) is 12.1. The van der Waals surface area contributed by atoms with E-state index in [0.717, 1.165) is 43.7 Å². The number of anilines is 1. The maximum absolute atomic E-state index is 9.31. The third-order valence-corrected chi connectivity index (χ3v) is 4.81. The molecule has 0 bridgehead atoms. The van der Waals surface area contributed by atoms with E-state index in [9.17, 15) is 5.26 Å². The number of nitriles is 1. The number of rotatable bonds is 4. The zero-order valence-corrected chi connectivity index (χ0v) is 14.1. The molecule has 23 heavy (non-hydrogen) atoms. The maximum Gasteiger partial charge on any atom is 0.101 e. The predicted molar refractivity (Wildman–Crippen MR) is 93.8 cm³/mol. The molecule has 1 aromatic carbocycles. The monoisotopic (exact) mass is 325 g/mol. The van der Waals surface area contributed by atoms with Crippen molar-refractivity contribution in [2.75, 3.05) is 18.0 Å². The van der Waals surface area contributed by atoms with E-state index in [1.54, 1.807) is 0 Å². The molecular formula is C19H20ClN3. The molecule has 0 aliphatic carbocycles. The number of nitrogens with zero attached hydrogens (tertiary/aromatic N) is 3. The van der Waals surface area contributed by atoms with Gasteiger partial charge in [0.05, 0.1) is 16.3 Å². The maximum atomic E-state index is 9.31. The highest BCUT2D eigenvalue weighted by Crippen LogP contribution is 2.34. The topological polar surface area (TPSA) is 39.9 Å². The number of halogens is 1. The molecule has 0 amide bonds.